The molecule has 7 heteroatoms. The van der Waals surface area contributed by atoms with E-state index >= 15 is 0 Å². The van der Waals surface area contributed by atoms with Crippen molar-refractivity contribution in [2.24, 2.45) is 7.05 Å². The Kier molecular flexibility index (Phi) is 4.04. The molecule has 2 aromatic heterocycles. The molecule has 3 heterocycles. The third-order valence-corrected chi connectivity index (χ3v) is 3.85. The fourth-order valence-electron chi connectivity index (χ4n) is 2.69. The van der Waals surface area contributed by atoms with Crippen LogP contribution in [0, 0.1) is 6.92 Å². The van der Waals surface area contributed by atoms with Crippen LogP contribution in [0.5, 0.6) is 0 Å². The number of aromatic nitrogens is 4. The van der Waals surface area contributed by atoms with Crippen molar-refractivity contribution in [3.05, 3.63) is 40.7 Å². The SMILES string of the molecule is Cc1ccnc(N[C@@H]2CCCN(c3nccn(C)c3=O)C2)n1. The number of nitrogens with zero attached hydrogens (tertiary/aromatic N) is 5. The van der Waals surface area contributed by atoms with E-state index in [2.05, 4.69) is 20.3 Å². The second-order valence-corrected chi connectivity index (χ2v) is 5.62. The lowest BCUT2D eigenvalue weighted by Gasteiger charge is -2.33. The number of rotatable bonds is 3. The third-order valence-electron chi connectivity index (χ3n) is 3.85. The van der Waals surface area contributed by atoms with Gasteiger partial charge in [0.1, 0.15) is 0 Å². The Balaban J connectivity index is 1.74. The van der Waals surface area contributed by atoms with Gasteiger partial charge in [-0.05, 0) is 25.8 Å². The Morgan fingerprint density at radius 3 is 3.00 bits per heavy atom. The van der Waals surface area contributed by atoms with Gasteiger partial charge in [0.15, 0.2) is 5.82 Å². The second kappa shape index (κ2) is 6.13. The quantitative estimate of drug-likeness (QED) is 0.910. The molecule has 0 amide bonds. The molecule has 0 unspecified atom stereocenters. The molecule has 1 aliphatic rings. The summed E-state index contributed by atoms with van der Waals surface area (Å²) in [6.07, 6.45) is 7.12. The van der Waals surface area contributed by atoms with Crippen LogP contribution in [0.1, 0.15) is 18.5 Å². The molecule has 2 aromatic rings. The minimum absolute atomic E-state index is 0.0602. The molecule has 1 N–H and O–H groups in total. The zero-order valence-electron chi connectivity index (χ0n) is 12.9. The lowest BCUT2D eigenvalue weighted by molar-refractivity contribution is 0.521. The number of aryl methyl sites for hydroxylation is 2. The summed E-state index contributed by atoms with van der Waals surface area (Å²) >= 11 is 0. The lowest BCUT2D eigenvalue weighted by atomic mass is 10.1. The number of nitrogens with one attached hydrogen (secondary N) is 1. The van der Waals surface area contributed by atoms with Gasteiger partial charge >= 0.3 is 0 Å². The van der Waals surface area contributed by atoms with E-state index in [1.165, 1.54) is 0 Å². The van der Waals surface area contributed by atoms with Crippen LogP contribution >= 0.6 is 0 Å². The topological polar surface area (TPSA) is 75.9 Å². The van der Waals surface area contributed by atoms with Crippen LogP contribution in [-0.2, 0) is 7.05 Å². The first-order valence-electron chi connectivity index (χ1n) is 7.46. The summed E-state index contributed by atoms with van der Waals surface area (Å²) in [5, 5.41) is 3.35. The van der Waals surface area contributed by atoms with Crippen LogP contribution in [-0.4, -0.2) is 38.7 Å². The van der Waals surface area contributed by atoms with Gasteiger partial charge < -0.3 is 14.8 Å². The predicted molar refractivity (Wildman–Crippen MR) is 85.1 cm³/mol. The third kappa shape index (κ3) is 3.08. The average molecular weight is 300 g/mol. The molecule has 7 nitrogen and oxygen atoms in total. The van der Waals surface area contributed by atoms with E-state index in [1.54, 1.807) is 30.2 Å². The minimum atomic E-state index is -0.0602. The van der Waals surface area contributed by atoms with E-state index in [1.807, 2.05) is 17.9 Å². The lowest BCUT2D eigenvalue weighted by Crippen LogP contribution is -2.45. The number of piperidine rings is 1. The van der Waals surface area contributed by atoms with Crippen molar-refractivity contribution in [3.8, 4) is 0 Å². The van der Waals surface area contributed by atoms with Gasteiger partial charge in [0, 0.05) is 50.5 Å². The molecule has 1 aliphatic heterocycles. The summed E-state index contributed by atoms with van der Waals surface area (Å²) < 4.78 is 1.56. The van der Waals surface area contributed by atoms with Gasteiger partial charge in [0.05, 0.1) is 0 Å². The molecular weight excluding hydrogens is 280 g/mol. The molecule has 0 radical (unpaired) electrons. The van der Waals surface area contributed by atoms with Gasteiger partial charge in [0.25, 0.3) is 5.56 Å². The Morgan fingerprint density at radius 2 is 2.18 bits per heavy atom. The first kappa shape index (κ1) is 14.5. The van der Waals surface area contributed by atoms with Crippen LogP contribution in [0.15, 0.2) is 29.5 Å². The molecule has 0 aromatic carbocycles. The Bertz CT molecular complexity index is 713. The summed E-state index contributed by atoms with van der Waals surface area (Å²) in [6.45, 7) is 3.51. The van der Waals surface area contributed by atoms with Crippen LogP contribution < -0.4 is 15.8 Å². The summed E-state index contributed by atoms with van der Waals surface area (Å²) in [5.41, 5.74) is 0.874. The summed E-state index contributed by atoms with van der Waals surface area (Å²) in [6, 6.07) is 2.08. The number of anilines is 2. The molecule has 1 fully saturated rings. The zero-order chi connectivity index (χ0) is 15.5. The largest absolute Gasteiger partial charge is 0.350 e. The van der Waals surface area contributed by atoms with E-state index in [0.29, 0.717) is 11.8 Å². The van der Waals surface area contributed by atoms with Crippen molar-refractivity contribution in [3.63, 3.8) is 0 Å². The number of hydrogen-bond acceptors (Lipinski definition) is 6. The highest BCUT2D eigenvalue weighted by Gasteiger charge is 2.23. The standard InChI is InChI=1S/C15H20N6O/c1-11-5-6-17-15(18-11)19-12-4-3-8-21(10-12)13-14(22)20(2)9-7-16-13/h5-7,9,12H,3-4,8,10H2,1-2H3,(H,17,18,19)/t12-/m1/s1. The van der Waals surface area contributed by atoms with Gasteiger partial charge in [-0.25, -0.2) is 15.0 Å². The first-order valence-corrected chi connectivity index (χ1v) is 7.46. The molecule has 0 aliphatic carbocycles. The van der Waals surface area contributed by atoms with Crippen LogP contribution in [0.2, 0.25) is 0 Å². The molecule has 3 rings (SSSR count). The van der Waals surface area contributed by atoms with E-state index in [4.69, 9.17) is 0 Å². The van der Waals surface area contributed by atoms with Crippen molar-refractivity contribution in [1.82, 2.24) is 19.5 Å². The Hall–Kier alpha value is -2.44. The highest BCUT2D eigenvalue weighted by molar-refractivity contribution is 5.38. The van der Waals surface area contributed by atoms with Gasteiger partial charge in [0.2, 0.25) is 5.95 Å². The Morgan fingerprint density at radius 1 is 1.32 bits per heavy atom. The van der Waals surface area contributed by atoms with E-state index in [9.17, 15) is 4.79 Å². The molecule has 1 atom stereocenters. The van der Waals surface area contributed by atoms with Crippen molar-refractivity contribution in [1.29, 1.82) is 0 Å². The molecule has 0 bridgehead atoms. The maximum Gasteiger partial charge on any atom is 0.293 e. The first-order chi connectivity index (χ1) is 10.6. The molecule has 116 valence electrons. The molecule has 0 spiro atoms. The van der Waals surface area contributed by atoms with Crippen molar-refractivity contribution < 1.29 is 0 Å². The fourth-order valence-corrected chi connectivity index (χ4v) is 2.69. The highest BCUT2D eigenvalue weighted by atomic mass is 16.1. The summed E-state index contributed by atoms with van der Waals surface area (Å²) in [7, 11) is 1.74. The van der Waals surface area contributed by atoms with Crippen molar-refractivity contribution in [2.75, 3.05) is 23.3 Å². The predicted octanol–water partition coefficient (Wildman–Crippen LogP) is 0.960. The summed E-state index contributed by atoms with van der Waals surface area (Å²) in [5.74, 6) is 1.16. The van der Waals surface area contributed by atoms with Crippen LogP contribution in [0.3, 0.4) is 0 Å². The number of hydrogen-bond donors (Lipinski definition) is 1. The maximum atomic E-state index is 12.2. The van der Waals surface area contributed by atoms with Crippen molar-refractivity contribution >= 4 is 11.8 Å². The van der Waals surface area contributed by atoms with E-state index in [-0.39, 0.29) is 11.6 Å². The maximum absolute atomic E-state index is 12.2. The molecular formula is C15H20N6O. The van der Waals surface area contributed by atoms with E-state index < -0.39 is 0 Å². The van der Waals surface area contributed by atoms with Crippen LogP contribution in [0.25, 0.3) is 0 Å². The molecule has 22 heavy (non-hydrogen) atoms. The van der Waals surface area contributed by atoms with E-state index in [0.717, 1.165) is 31.6 Å². The molecule has 0 saturated carbocycles. The normalized spacial score (nSPS) is 18.3. The monoisotopic (exact) mass is 300 g/mol. The molecule has 1 saturated heterocycles. The van der Waals surface area contributed by atoms with Gasteiger partial charge in [-0.1, -0.05) is 0 Å². The minimum Gasteiger partial charge on any atom is -0.350 e. The summed E-state index contributed by atoms with van der Waals surface area (Å²) in [4.78, 5) is 27.1. The Labute approximate surface area is 129 Å². The van der Waals surface area contributed by atoms with Crippen LogP contribution in [0.4, 0.5) is 11.8 Å². The highest BCUT2D eigenvalue weighted by Crippen LogP contribution is 2.17. The zero-order valence-corrected chi connectivity index (χ0v) is 12.9. The van der Waals surface area contributed by atoms with Gasteiger partial charge in [-0.15, -0.1) is 0 Å². The average Bonchev–Trinajstić information content (AvgIpc) is 2.50. The second-order valence-electron chi connectivity index (χ2n) is 5.62. The van der Waals surface area contributed by atoms with Crippen molar-refractivity contribution in [2.45, 2.75) is 25.8 Å². The van der Waals surface area contributed by atoms with Gasteiger partial charge in [-0.3, -0.25) is 4.79 Å². The van der Waals surface area contributed by atoms with Gasteiger partial charge in [-0.2, -0.15) is 0 Å². The smallest absolute Gasteiger partial charge is 0.293 e. The fraction of sp³-hybridized carbons (Fsp3) is 0.467.